The van der Waals surface area contributed by atoms with Crippen molar-refractivity contribution in [3.63, 3.8) is 0 Å². The van der Waals surface area contributed by atoms with Crippen molar-refractivity contribution < 1.29 is 9.47 Å². The Kier molecular flexibility index (Phi) is 7.82. The van der Waals surface area contributed by atoms with Crippen LogP contribution in [-0.4, -0.2) is 55.3 Å². The molecule has 1 heterocycles. The van der Waals surface area contributed by atoms with E-state index >= 15 is 0 Å². The molecule has 0 fully saturated rings. The summed E-state index contributed by atoms with van der Waals surface area (Å²) in [5, 5.41) is 9.92. The van der Waals surface area contributed by atoms with E-state index in [-0.39, 0.29) is 12.1 Å². The van der Waals surface area contributed by atoms with E-state index in [0.29, 0.717) is 18.2 Å². The highest BCUT2D eigenvalue weighted by atomic mass is 16.5. The van der Waals surface area contributed by atoms with Gasteiger partial charge in [-0.2, -0.15) is 5.26 Å². The Hall–Kier alpha value is -2.82. The van der Waals surface area contributed by atoms with Crippen molar-refractivity contribution in [3.05, 3.63) is 47.7 Å². The molecule has 0 aliphatic carbocycles. The van der Waals surface area contributed by atoms with Gasteiger partial charge in [0.15, 0.2) is 0 Å². The smallest absolute Gasteiger partial charge is 0.216 e. The van der Waals surface area contributed by atoms with Crippen LogP contribution in [0.4, 0.5) is 5.69 Å². The highest BCUT2D eigenvalue weighted by molar-refractivity contribution is 5.39. The normalized spacial score (nSPS) is 13.4. The highest BCUT2D eigenvalue weighted by Gasteiger charge is 2.30. The van der Waals surface area contributed by atoms with Gasteiger partial charge in [0.1, 0.15) is 18.0 Å². The lowest BCUT2D eigenvalue weighted by atomic mass is 10.0. The van der Waals surface area contributed by atoms with Crippen LogP contribution in [0.5, 0.6) is 11.6 Å². The maximum atomic E-state index is 9.92. The fourth-order valence-corrected chi connectivity index (χ4v) is 3.27. The van der Waals surface area contributed by atoms with Crippen LogP contribution < -0.4 is 15.2 Å². The van der Waals surface area contributed by atoms with Crippen molar-refractivity contribution in [1.82, 2.24) is 14.8 Å². The molecule has 2 unspecified atom stereocenters. The van der Waals surface area contributed by atoms with Crippen LogP contribution in [0.15, 0.2) is 36.5 Å². The standard InChI is InChI=1S/C22H31N5O2/c1-15(2)18-13-25-21(28-6)11-19(18)29-20(12-23)22(26(3)4)27(5)14-16-7-9-17(24)10-8-16/h7-11,13,15,20,22H,14,24H2,1-6H3. The highest BCUT2D eigenvalue weighted by Crippen LogP contribution is 2.30. The van der Waals surface area contributed by atoms with E-state index in [9.17, 15) is 5.26 Å². The van der Waals surface area contributed by atoms with Crippen LogP contribution in [0.2, 0.25) is 0 Å². The second kappa shape index (κ2) is 10.1. The minimum Gasteiger partial charge on any atom is -0.481 e. The number of ether oxygens (including phenoxy) is 2. The summed E-state index contributed by atoms with van der Waals surface area (Å²) in [4.78, 5) is 8.35. The van der Waals surface area contributed by atoms with Gasteiger partial charge in [-0.3, -0.25) is 9.80 Å². The third-order valence-corrected chi connectivity index (χ3v) is 4.75. The molecule has 0 aliphatic rings. The van der Waals surface area contributed by atoms with Gasteiger partial charge in [-0.1, -0.05) is 26.0 Å². The number of nitrogen functional groups attached to an aromatic ring is 1. The van der Waals surface area contributed by atoms with Gasteiger partial charge in [0.05, 0.1) is 7.11 Å². The van der Waals surface area contributed by atoms with E-state index in [0.717, 1.165) is 16.8 Å². The van der Waals surface area contributed by atoms with Crippen molar-refractivity contribution in [1.29, 1.82) is 5.26 Å². The Morgan fingerprint density at radius 2 is 1.83 bits per heavy atom. The maximum absolute atomic E-state index is 9.92. The number of rotatable bonds is 9. The van der Waals surface area contributed by atoms with Gasteiger partial charge < -0.3 is 15.2 Å². The van der Waals surface area contributed by atoms with Crippen molar-refractivity contribution in [2.75, 3.05) is 34.0 Å². The van der Waals surface area contributed by atoms with Crippen LogP contribution in [0.25, 0.3) is 0 Å². The SMILES string of the molecule is COc1cc(OC(C#N)C(N(C)C)N(C)Cc2ccc(N)cc2)c(C(C)C)cn1. The van der Waals surface area contributed by atoms with Crippen LogP contribution in [0.3, 0.4) is 0 Å². The fraction of sp³-hybridized carbons (Fsp3) is 0.455. The van der Waals surface area contributed by atoms with Crippen LogP contribution in [0, 0.1) is 11.3 Å². The minimum absolute atomic E-state index is 0.202. The summed E-state index contributed by atoms with van der Waals surface area (Å²) in [5.41, 5.74) is 8.56. The van der Waals surface area contributed by atoms with Gasteiger partial charge in [0.2, 0.25) is 12.0 Å². The zero-order valence-corrected chi connectivity index (χ0v) is 18.1. The van der Waals surface area contributed by atoms with E-state index < -0.39 is 6.10 Å². The molecule has 156 valence electrons. The number of anilines is 1. The number of nitrogens with two attached hydrogens (primary N) is 1. The Morgan fingerprint density at radius 3 is 2.34 bits per heavy atom. The average Bonchev–Trinajstić information content (AvgIpc) is 2.68. The second-order valence-electron chi connectivity index (χ2n) is 7.62. The second-order valence-corrected chi connectivity index (χ2v) is 7.62. The molecule has 1 aromatic heterocycles. The molecule has 2 atom stereocenters. The third kappa shape index (κ3) is 5.83. The molecule has 0 saturated heterocycles. The molecule has 1 aromatic carbocycles. The first kappa shape index (κ1) is 22.5. The Labute approximate surface area is 173 Å². The fourth-order valence-electron chi connectivity index (χ4n) is 3.27. The summed E-state index contributed by atoms with van der Waals surface area (Å²) >= 11 is 0. The molecule has 0 radical (unpaired) electrons. The molecule has 0 bridgehead atoms. The monoisotopic (exact) mass is 397 g/mol. The summed E-state index contributed by atoms with van der Waals surface area (Å²) < 4.78 is 11.5. The Balaban J connectivity index is 2.29. The van der Waals surface area contributed by atoms with Gasteiger partial charge in [-0.25, -0.2) is 4.98 Å². The lowest BCUT2D eigenvalue weighted by Gasteiger charge is -2.36. The first-order chi connectivity index (χ1) is 13.8. The summed E-state index contributed by atoms with van der Waals surface area (Å²) in [6.07, 6.45) is 0.765. The summed E-state index contributed by atoms with van der Waals surface area (Å²) in [6.45, 7) is 4.78. The predicted molar refractivity (Wildman–Crippen MR) is 115 cm³/mol. The van der Waals surface area contributed by atoms with Gasteiger partial charge in [-0.15, -0.1) is 0 Å². The van der Waals surface area contributed by atoms with E-state index in [1.165, 1.54) is 0 Å². The van der Waals surface area contributed by atoms with Crippen molar-refractivity contribution in [2.24, 2.45) is 0 Å². The first-order valence-corrected chi connectivity index (χ1v) is 9.58. The van der Waals surface area contributed by atoms with Crippen molar-refractivity contribution >= 4 is 5.69 Å². The summed E-state index contributed by atoms with van der Waals surface area (Å²) in [5.74, 6) is 1.27. The number of nitriles is 1. The van der Waals surface area contributed by atoms with Crippen molar-refractivity contribution in [3.8, 4) is 17.7 Å². The topological polar surface area (TPSA) is 87.6 Å². The average molecular weight is 398 g/mol. The van der Waals surface area contributed by atoms with E-state index in [2.05, 4.69) is 29.8 Å². The molecule has 2 rings (SSSR count). The number of hydrogen-bond acceptors (Lipinski definition) is 7. The molecular formula is C22H31N5O2. The first-order valence-electron chi connectivity index (χ1n) is 9.58. The number of hydrogen-bond donors (Lipinski definition) is 1. The van der Waals surface area contributed by atoms with E-state index in [4.69, 9.17) is 15.2 Å². The molecule has 0 aliphatic heterocycles. The Bertz CT molecular complexity index is 830. The summed E-state index contributed by atoms with van der Waals surface area (Å²) in [6, 6.07) is 11.8. The number of benzene rings is 1. The predicted octanol–water partition coefficient (Wildman–Crippen LogP) is 3.09. The van der Waals surface area contributed by atoms with Crippen LogP contribution in [-0.2, 0) is 6.54 Å². The van der Waals surface area contributed by atoms with Gasteiger partial charge >= 0.3 is 0 Å². The number of nitrogens with zero attached hydrogens (tertiary/aromatic N) is 4. The van der Waals surface area contributed by atoms with E-state index in [1.807, 2.05) is 50.3 Å². The largest absolute Gasteiger partial charge is 0.481 e. The molecule has 2 aromatic rings. The molecule has 2 N–H and O–H groups in total. The molecular weight excluding hydrogens is 366 g/mol. The van der Waals surface area contributed by atoms with Crippen molar-refractivity contribution in [2.45, 2.75) is 38.6 Å². The lowest BCUT2D eigenvalue weighted by molar-refractivity contribution is 0.0206. The molecule has 29 heavy (non-hydrogen) atoms. The molecule has 0 saturated carbocycles. The number of methoxy groups -OCH3 is 1. The molecule has 7 heteroatoms. The zero-order valence-electron chi connectivity index (χ0n) is 18.1. The van der Waals surface area contributed by atoms with Crippen LogP contribution >= 0.6 is 0 Å². The zero-order chi connectivity index (χ0) is 21.6. The lowest BCUT2D eigenvalue weighted by Crippen LogP contribution is -2.52. The minimum atomic E-state index is -0.714. The quantitative estimate of drug-likeness (QED) is 0.514. The van der Waals surface area contributed by atoms with E-state index in [1.54, 1.807) is 19.4 Å². The molecule has 7 nitrogen and oxygen atoms in total. The molecule has 0 amide bonds. The van der Waals surface area contributed by atoms with Crippen LogP contribution in [0.1, 0.15) is 30.9 Å². The molecule has 0 spiro atoms. The Morgan fingerprint density at radius 1 is 1.17 bits per heavy atom. The summed E-state index contributed by atoms with van der Waals surface area (Å²) in [7, 11) is 7.42. The maximum Gasteiger partial charge on any atom is 0.216 e. The third-order valence-electron chi connectivity index (χ3n) is 4.75. The number of aromatic nitrogens is 1. The number of likely N-dealkylation sites (N-methyl/N-ethyl adjacent to an activating group) is 2. The van der Waals surface area contributed by atoms with Gasteiger partial charge in [-0.05, 0) is 44.8 Å². The van der Waals surface area contributed by atoms with Gasteiger partial charge in [0, 0.05) is 30.1 Å². The van der Waals surface area contributed by atoms with Gasteiger partial charge in [0.25, 0.3) is 0 Å². The number of pyridine rings is 1.